The van der Waals surface area contributed by atoms with E-state index in [9.17, 15) is 0 Å². The maximum Gasteiger partial charge on any atom is 0.169 e. The summed E-state index contributed by atoms with van der Waals surface area (Å²) in [6.45, 7) is 0. The molecular formula is C7H7N5O2. The lowest BCUT2D eigenvalue weighted by Crippen LogP contribution is -1.98. The number of benzene rings is 1. The van der Waals surface area contributed by atoms with Crippen molar-refractivity contribution in [2.45, 2.75) is 0 Å². The molecule has 0 fully saturated rings. The zero-order valence-corrected chi connectivity index (χ0v) is 7.03. The van der Waals surface area contributed by atoms with Crippen molar-refractivity contribution in [3.63, 3.8) is 0 Å². The van der Waals surface area contributed by atoms with Crippen LogP contribution >= 0.6 is 0 Å². The van der Waals surface area contributed by atoms with Gasteiger partial charge in [0.1, 0.15) is 6.33 Å². The van der Waals surface area contributed by atoms with Gasteiger partial charge in [0.15, 0.2) is 5.75 Å². The van der Waals surface area contributed by atoms with Crippen molar-refractivity contribution in [1.29, 1.82) is 0 Å². The Kier molecular flexibility index (Phi) is 1.99. The lowest BCUT2D eigenvalue weighted by molar-refractivity contribution is -0.137. The fraction of sp³-hybridized carbons (Fsp3) is 0. The summed E-state index contributed by atoms with van der Waals surface area (Å²) in [5, 5.41) is 19.1. The molecule has 7 heteroatoms. The first-order valence-electron chi connectivity index (χ1n) is 3.75. The van der Waals surface area contributed by atoms with Gasteiger partial charge in [0, 0.05) is 17.8 Å². The summed E-state index contributed by atoms with van der Waals surface area (Å²) in [6, 6.07) is 4.68. The first kappa shape index (κ1) is 8.45. The van der Waals surface area contributed by atoms with Gasteiger partial charge in [-0.05, 0) is 16.5 Å². The molecule has 0 aliphatic carbocycles. The number of nitrogens with two attached hydrogens (primary N) is 1. The average molecular weight is 193 g/mol. The Morgan fingerprint density at radius 1 is 1.36 bits per heavy atom. The smallest absolute Gasteiger partial charge is 0.169 e. The van der Waals surface area contributed by atoms with E-state index in [1.165, 1.54) is 17.1 Å². The SMILES string of the molecule is Nc1cc(OO)cc(-n2cnnn2)c1. The molecule has 0 spiro atoms. The quantitative estimate of drug-likeness (QED) is 0.398. The second-order valence-electron chi connectivity index (χ2n) is 2.61. The monoisotopic (exact) mass is 193 g/mol. The van der Waals surface area contributed by atoms with Gasteiger partial charge in [-0.3, -0.25) is 0 Å². The van der Waals surface area contributed by atoms with Crippen molar-refractivity contribution in [3.8, 4) is 11.4 Å². The number of nitrogens with zero attached hydrogens (tertiary/aromatic N) is 4. The summed E-state index contributed by atoms with van der Waals surface area (Å²) >= 11 is 0. The second kappa shape index (κ2) is 3.30. The third-order valence-corrected chi connectivity index (χ3v) is 1.63. The number of anilines is 1. The third-order valence-electron chi connectivity index (χ3n) is 1.63. The molecule has 3 N–H and O–H groups in total. The Bertz CT molecular complexity index is 428. The zero-order chi connectivity index (χ0) is 9.97. The van der Waals surface area contributed by atoms with Gasteiger partial charge in [-0.1, -0.05) is 0 Å². The van der Waals surface area contributed by atoms with Crippen LogP contribution in [0, 0.1) is 0 Å². The predicted molar refractivity (Wildman–Crippen MR) is 46.8 cm³/mol. The summed E-state index contributed by atoms with van der Waals surface area (Å²) in [5.41, 5.74) is 6.62. The summed E-state index contributed by atoms with van der Waals surface area (Å²) in [7, 11) is 0. The predicted octanol–water partition coefficient (Wildman–Crippen LogP) is 0.0963. The zero-order valence-electron chi connectivity index (χ0n) is 7.03. The maximum absolute atomic E-state index is 8.47. The van der Waals surface area contributed by atoms with Crippen LogP contribution in [0.5, 0.6) is 5.75 Å². The van der Waals surface area contributed by atoms with Crippen LogP contribution in [0.15, 0.2) is 24.5 Å². The van der Waals surface area contributed by atoms with Gasteiger partial charge < -0.3 is 10.6 Å². The Hall–Kier alpha value is -2.15. The lowest BCUT2D eigenvalue weighted by atomic mass is 10.2. The van der Waals surface area contributed by atoms with Crippen LogP contribution in [0.1, 0.15) is 0 Å². The van der Waals surface area contributed by atoms with Crippen LogP contribution < -0.4 is 10.6 Å². The van der Waals surface area contributed by atoms with E-state index in [0.717, 1.165) is 0 Å². The number of hydrogen-bond donors (Lipinski definition) is 2. The molecule has 0 aliphatic rings. The normalized spacial score (nSPS) is 10.1. The fourth-order valence-electron chi connectivity index (χ4n) is 1.07. The molecule has 0 saturated heterocycles. The van der Waals surface area contributed by atoms with Gasteiger partial charge in [-0.25, -0.2) is 9.94 Å². The minimum atomic E-state index is 0.232. The molecule has 0 saturated carbocycles. The highest BCUT2D eigenvalue weighted by atomic mass is 17.1. The minimum absolute atomic E-state index is 0.232. The van der Waals surface area contributed by atoms with Crippen molar-refractivity contribution >= 4 is 5.69 Å². The number of aromatic nitrogens is 4. The molecule has 72 valence electrons. The van der Waals surface area contributed by atoms with E-state index in [-0.39, 0.29) is 5.75 Å². The van der Waals surface area contributed by atoms with Crippen LogP contribution in [0.4, 0.5) is 5.69 Å². The average Bonchev–Trinajstić information content (AvgIpc) is 2.69. The van der Waals surface area contributed by atoms with Gasteiger partial charge in [0.2, 0.25) is 0 Å². The molecule has 0 amide bonds. The topological polar surface area (TPSA) is 99.1 Å². The molecule has 2 aromatic rings. The first-order valence-corrected chi connectivity index (χ1v) is 3.75. The number of tetrazole rings is 1. The summed E-state index contributed by atoms with van der Waals surface area (Å²) in [5.74, 6) is 0.232. The van der Waals surface area contributed by atoms with Gasteiger partial charge in [-0.2, -0.15) is 0 Å². The number of rotatable bonds is 2. The highest BCUT2D eigenvalue weighted by Crippen LogP contribution is 2.20. The molecule has 7 nitrogen and oxygen atoms in total. The van der Waals surface area contributed by atoms with Crippen molar-refractivity contribution in [1.82, 2.24) is 20.2 Å². The van der Waals surface area contributed by atoms with E-state index >= 15 is 0 Å². The van der Waals surface area contributed by atoms with Crippen LogP contribution in [0.25, 0.3) is 5.69 Å². The van der Waals surface area contributed by atoms with E-state index in [0.29, 0.717) is 11.4 Å². The number of hydrogen-bond acceptors (Lipinski definition) is 6. The van der Waals surface area contributed by atoms with Crippen molar-refractivity contribution in [2.75, 3.05) is 5.73 Å². The molecule has 1 heterocycles. The Morgan fingerprint density at radius 2 is 2.21 bits per heavy atom. The van der Waals surface area contributed by atoms with Crippen molar-refractivity contribution in [3.05, 3.63) is 24.5 Å². The maximum atomic E-state index is 8.47. The third kappa shape index (κ3) is 1.48. The summed E-state index contributed by atoms with van der Waals surface area (Å²) in [6.07, 6.45) is 1.41. The molecule has 0 bridgehead atoms. The summed E-state index contributed by atoms with van der Waals surface area (Å²) < 4.78 is 1.40. The van der Waals surface area contributed by atoms with E-state index in [4.69, 9.17) is 11.0 Å². The summed E-state index contributed by atoms with van der Waals surface area (Å²) in [4.78, 5) is 4.07. The molecule has 2 rings (SSSR count). The van der Waals surface area contributed by atoms with E-state index < -0.39 is 0 Å². The van der Waals surface area contributed by atoms with Crippen LogP contribution in [-0.2, 0) is 0 Å². The Balaban J connectivity index is 2.48. The molecule has 0 unspecified atom stereocenters. The van der Waals surface area contributed by atoms with Crippen LogP contribution in [0.2, 0.25) is 0 Å². The first-order chi connectivity index (χ1) is 6.79. The molecule has 0 atom stereocenters. The van der Waals surface area contributed by atoms with Gasteiger partial charge in [0.05, 0.1) is 5.69 Å². The second-order valence-corrected chi connectivity index (χ2v) is 2.61. The molecule has 1 aromatic heterocycles. The van der Waals surface area contributed by atoms with Crippen LogP contribution in [-0.4, -0.2) is 25.5 Å². The molecule has 0 aliphatic heterocycles. The fourth-order valence-corrected chi connectivity index (χ4v) is 1.07. The molecular weight excluding hydrogens is 186 g/mol. The molecule has 14 heavy (non-hydrogen) atoms. The van der Waals surface area contributed by atoms with E-state index in [2.05, 4.69) is 20.4 Å². The molecule has 1 aromatic carbocycles. The Labute approximate surface area is 78.6 Å². The largest absolute Gasteiger partial charge is 0.399 e. The van der Waals surface area contributed by atoms with E-state index in [1.807, 2.05) is 0 Å². The Morgan fingerprint density at radius 3 is 2.86 bits per heavy atom. The van der Waals surface area contributed by atoms with E-state index in [1.54, 1.807) is 12.1 Å². The van der Waals surface area contributed by atoms with Gasteiger partial charge in [0.25, 0.3) is 0 Å². The molecule has 0 radical (unpaired) electrons. The minimum Gasteiger partial charge on any atom is -0.399 e. The highest BCUT2D eigenvalue weighted by Gasteiger charge is 2.02. The van der Waals surface area contributed by atoms with Crippen LogP contribution in [0.3, 0.4) is 0 Å². The van der Waals surface area contributed by atoms with Crippen molar-refractivity contribution < 1.29 is 10.1 Å². The highest BCUT2D eigenvalue weighted by molar-refractivity contribution is 5.52. The van der Waals surface area contributed by atoms with Crippen molar-refractivity contribution in [2.24, 2.45) is 0 Å². The van der Waals surface area contributed by atoms with Gasteiger partial charge in [-0.15, -0.1) is 5.10 Å². The standard InChI is InChI=1S/C7H7N5O2/c8-5-1-6(3-7(2-5)14-13)12-4-9-10-11-12/h1-4,13H,8H2. The number of nitrogen functional groups attached to an aromatic ring is 1. The lowest BCUT2D eigenvalue weighted by Gasteiger charge is -2.03. The van der Waals surface area contributed by atoms with Gasteiger partial charge >= 0.3 is 0 Å².